The summed E-state index contributed by atoms with van der Waals surface area (Å²) in [4.78, 5) is 27.1. The molecule has 0 fully saturated rings. The number of thioether (sulfide) groups is 1. The van der Waals surface area contributed by atoms with Crippen LogP contribution in [0.2, 0.25) is 0 Å². The van der Waals surface area contributed by atoms with Gasteiger partial charge < -0.3 is 20.2 Å². The minimum atomic E-state index is -3.88. The van der Waals surface area contributed by atoms with E-state index in [1.807, 2.05) is 50.2 Å². The molecule has 3 aromatic rings. The van der Waals surface area contributed by atoms with Gasteiger partial charge in [-0.05, 0) is 46.2 Å². The molecule has 9 nitrogen and oxygen atoms in total. The second-order valence-electron chi connectivity index (χ2n) is 12.4. The Morgan fingerprint density at radius 1 is 0.911 bits per heavy atom. The van der Waals surface area contributed by atoms with Crippen molar-refractivity contribution in [3.05, 3.63) is 89.5 Å². The van der Waals surface area contributed by atoms with Crippen molar-refractivity contribution in [1.82, 2.24) is 9.62 Å². The van der Waals surface area contributed by atoms with E-state index in [4.69, 9.17) is 5.11 Å². The molecule has 2 amide bonds. The molecule has 0 aromatic heterocycles. The van der Waals surface area contributed by atoms with Crippen molar-refractivity contribution in [3.8, 4) is 11.1 Å². The number of aliphatic hydroxyl groups is 2. The first-order chi connectivity index (χ1) is 21.1. The molecule has 0 aliphatic rings. The van der Waals surface area contributed by atoms with Gasteiger partial charge in [-0.2, -0.15) is 0 Å². The van der Waals surface area contributed by atoms with Gasteiger partial charge in [0.2, 0.25) is 10.0 Å². The number of carbonyl (C=O) groups excluding carboxylic acids is 1. The van der Waals surface area contributed by atoms with Gasteiger partial charge >= 0.3 is 6.09 Å². The Morgan fingerprint density at radius 3 is 2.09 bits per heavy atom. The number of benzene rings is 3. The van der Waals surface area contributed by atoms with E-state index in [9.17, 15) is 28.2 Å². The molecule has 1 unspecified atom stereocenters. The zero-order valence-electron chi connectivity index (χ0n) is 26.4. The van der Waals surface area contributed by atoms with E-state index in [2.05, 4.69) is 25.5 Å². The Hall–Kier alpha value is -3.38. The summed E-state index contributed by atoms with van der Waals surface area (Å²) in [5.74, 6) is -1.23. The zero-order chi connectivity index (χ0) is 33.4. The molecule has 45 heavy (non-hydrogen) atoms. The third-order valence-electron chi connectivity index (χ3n) is 7.35. The van der Waals surface area contributed by atoms with Crippen molar-refractivity contribution in [2.45, 2.75) is 63.2 Å². The normalized spacial score (nSPS) is 13.3. The summed E-state index contributed by atoms with van der Waals surface area (Å²) >= 11 is 1.45. The maximum Gasteiger partial charge on any atom is 0.407 e. The fraction of sp³-hybridized carbons (Fsp3) is 0.412. The Balaban J connectivity index is 1.87. The average Bonchev–Trinajstić information content (AvgIpc) is 2.97. The van der Waals surface area contributed by atoms with Crippen LogP contribution in [0.15, 0.2) is 77.7 Å². The Kier molecular flexibility index (Phi) is 12.6. The van der Waals surface area contributed by atoms with Gasteiger partial charge in [0.15, 0.2) is 0 Å². The quantitative estimate of drug-likeness (QED) is 0.152. The van der Waals surface area contributed by atoms with Crippen LogP contribution < -0.4 is 4.72 Å². The molecule has 4 N–H and O–H groups in total. The van der Waals surface area contributed by atoms with E-state index in [0.717, 1.165) is 16.7 Å². The molecule has 2 atom stereocenters. The predicted molar refractivity (Wildman–Crippen MR) is 179 cm³/mol. The summed E-state index contributed by atoms with van der Waals surface area (Å²) in [7, 11) is -3.88. The summed E-state index contributed by atoms with van der Waals surface area (Å²) in [6.07, 6.45) is -2.02. The Bertz CT molecular complexity index is 1540. The van der Waals surface area contributed by atoms with Gasteiger partial charge in [-0.3, -0.25) is 4.79 Å². The lowest BCUT2D eigenvalue weighted by molar-refractivity contribution is 0.0860. The predicted octanol–water partition coefficient (Wildman–Crippen LogP) is 6.14. The van der Waals surface area contributed by atoms with E-state index in [1.165, 1.54) is 16.7 Å². The fourth-order valence-corrected chi connectivity index (χ4v) is 6.96. The second kappa shape index (κ2) is 15.8. The lowest BCUT2D eigenvalue weighted by Crippen LogP contribution is -2.39. The minimum absolute atomic E-state index is 0.0329. The van der Waals surface area contributed by atoms with E-state index >= 15 is 0 Å². The minimum Gasteiger partial charge on any atom is -0.465 e. The number of hydrogen-bond acceptors (Lipinski definition) is 7. The van der Waals surface area contributed by atoms with Crippen molar-refractivity contribution < 1.29 is 33.3 Å². The van der Waals surface area contributed by atoms with Crippen LogP contribution in [0.4, 0.5) is 4.79 Å². The van der Waals surface area contributed by atoms with Crippen molar-refractivity contribution in [2.75, 3.05) is 25.4 Å². The monoisotopic (exact) mass is 656 g/mol. The largest absolute Gasteiger partial charge is 0.465 e. The van der Waals surface area contributed by atoms with Crippen LogP contribution in [0, 0.1) is 5.41 Å². The molecule has 11 heteroatoms. The molecule has 0 radical (unpaired) electrons. The van der Waals surface area contributed by atoms with Gasteiger partial charge in [-0.15, -0.1) is 11.8 Å². The summed E-state index contributed by atoms with van der Waals surface area (Å²) in [5, 5.41) is 29.8. The van der Waals surface area contributed by atoms with Crippen LogP contribution in [0.1, 0.15) is 74.5 Å². The van der Waals surface area contributed by atoms with Crippen LogP contribution >= 0.6 is 11.8 Å². The van der Waals surface area contributed by atoms with Crippen molar-refractivity contribution in [1.29, 1.82) is 0 Å². The van der Waals surface area contributed by atoms with E-state index in [1.54, 1.807) is 36.4 Å². The third kappa shape index (κ3) is 10.6. The van der Waals surface area contributed by atoms with Crippen LogP contribution in [0.5, 0.6) is 0 Å². The van der Waals surface area contributed by atoms with Crippen LogP contribution in [-0.2, 0) is 10.0 Å². The summed E-state index contributed by atoms with van der Waals surface area (Å²) in [6, 6.07) is 22.1. The number of hydrogen-bond donors (Lipinski definition) is 4. The van der Waals surface area contributed by atoms with Gasteiger partial charge in [-0.25, -0.2) is 17.9 Å². The maximum absolute atomic E-state index is 12.9. The third-order valence-corrected chi connectivity index (χ3v) is 9.74. The van der Waals surface area contributed by atoms with Gasteiger partial charge in [0.05, 0.1) is 24.0 Å². The smallest absolute Gasteiger partial charge is 0.407 e. The lowest BCUT2D eigenvalue weighted by atomic mass is 9.76. The number of rotatable bonds is 14. The topological polar surface area (TPSA) is 144 Å². The maximum atomic E-state index is 12.9. The number of carbonyl (C=O) groups is 2. The first-order valence-corrected chi connectivity index (χ1v) is 17.4. The molecule has 244 valence electrons. The Morgan fingerprint density at radius 2 is 1.53 bits per heavy atom. The molecule has 0 saturated carbocycles. The first-order valence-electron chi connectivity index (χ1n) is 14.9. The highest BCUT2D eigenvalue weighted by molar-refractivity contribution is 8.00. The molecule has 0 heterocycles. The average molecular weight is 657 g/mol. The van der Waals surface area contributed by atoms with Gasteiger partial charge in [0.1, 0.15) is 0 Å². The van der Waals surface area contributed by atoms with Crippen molar-refractivity contribution >= 4 is 33.8 Å². The molecule has 3 rings (SSSR count). The number of nitrogens with one attached hydrogen (secondary N) is 1. The van der Waals surface area contributed by atoms with Crippen LogP contribution in [0.3, 0.4) is 0 Å². The van der Waals surface area contributed by atoms with E-state index in [-0.39, 0.29) is 54.0 Å². The number of amides is 2. The molecule has 0 saturated heterocycles. The van der Waals surface area contributed by atoms with Gasteiger partial charge in [0.25, 0.3) is 5.91 Å². The molecular weight excluding hydrogens is 613 g/mol. The number of aliphatic hydroxyl groups excluding tert-OH is 2. The lowest BCUT2D eigenvalue weighted by Gasteiger charge is -2.35. The van der Waals surface area contributed by atoms with Gasteiger partial charge in [0, 0.05) is 29.2 Å². The number of sulfonamides is 1. The number of nitrogens with zero attached hydrogens (tertiary/aromatic N) is 1. The fourth-order valence-electron chi connectivity index (χ4n) is 4.97. The summed E-state index contributed by atoms with van der Waals surface area (Å²) in [5.41, 5.74) is 3.29. The van der Waals surface area contributed by atoms with Crippen LogP contribution in [-0.4, -0.2) is 71.3 Å². The summed E-state index contributed by atoms with van der Waals surface area (Å²) < 4.78 is 26.7. The summed E-state index contributed by atoms with van der Waals surface area (Å²) in [6.45, 7) is 10.00. The van der Waals surface area contributed by atoms with E-state index in [0.29, 0.717) is 10.5 Å². The SMILES string of the molecule is CC(C)Sc1cc(-c2ccc(C(CN(C[C@H](O)c3ccccc3)C(=O)O)C(C)(C)C)cc2)ccc1C(=O)NS(=O)(=O)CCCO. The highest BCUT2D eigenvalue weighted by Gasteiger charge is 2.31. The van der Waals surface area contributed by atoms with Gasteiger partial charge in [-0.1, -0.05) is 95.3 Å². The molecular formula is C34H44N2O7S2. The molecule has 3 aromatic carbocycles. The first kappa shape index (κ1) is 36.1. The molecule has 0 bridgehead atoms. The van der Waals surface area contributed by atoms with Crippen molar-refractivity contribution in [3.63, 3.8) is 0 Å². The number of carboxylic acid groups (broad SMARTS) is 1. The molecule has 0 spiro atoms. The van der Waals surface area contributed by atoms with Crippen molar-refractivity contribution in [2.24, 2.45) is 5.41 Å². The second-order valence-corrected chi connectivity index (χ2v) is 15.8. The molecule has 0 aliphatic heterocycles. The van der Waals surface area contributed by atoms with E-state index < -0.39 is 28.1 Å². The Labute approximate surface area is 270 Å². The standard InChI is InChI=1S/C34H44N2O7S2/c1-23(2)44-31-20-27(16-17-28(31)32(39)35-45(42,43)19-9-18-37)24-12-14-25(15-13-24)29(34(3,4)5)21-36(33(40)41)22-30(38)26-10-7-6-8-11-26/h6-8,10-17,20,23,29-30,37-38H,9,18-19,21-22H2,1-5H3,(H,35,39)(H,40,41)/t29?,30-/m0/s1. The zero-order valence-corrected chi connectivity index (χ0v) is 28.1. The van der Waals surface area contributed by atoms with Crippen LogP contribution in [0.25, 0.3) is 11.1 Å². The highest BCUT2D eigenvalue weighted by Crippen LogP contribution is 2.38. The molecule has 0 aliphatic carbocycles. The highest BCUT2D eigenvalue weighted by atomic mass is 32.2.